The van der Waals surface area contributed by atoms with Gasteiger partial charge in [-0.3, -0.25) is 5.10 Å². The van der Waals surface area contributed by atoms with Crippen LogP contribution in [0.4, 0.5) is 5.82 Å². The number of benzene rings is 1. The van der Waals surface area contributed by atoms with Gasteiger partial charge >= 0.3 is 0 Å². The van der Waals surface area contributed by atoms with Gasteiger partial charge in [0.2, 0.25) is 0 Å². The maximum absolute atomic E-state index is 6.06. The molecule has 2 aromatic heterocycles. The van der Waals surface area contributed by atoms with Crippen LogP contribution in [-0.2, 0) is 12.8 Å². The molecule has 2 N–H and O–H groups in total. The van der Waals surface area contributed by atoms with E-state index in [-0.39, 0.29) is 0 Å². The second kappa shape index (κ2) is 6.01. The normalized spacial score (nSPS) is 16.8. The fraction of sp³-hybridized carbons (Fsp3) is 0.235. The monoisotopic (exact) mass is 325 g/mol. The van der Waals surface area contributed by atoms with Gasteiger partial charge in [-0.25, -0.2) is 9.97 Å². The van der Waals surface area contributed by atoms with E-state index in [0.29, 0.717) is 11.1 Å². The van der Waals surface area contributed by atoms with Crippen LogP contribution in [0.15, 0.2) is 42.9 Å². The topological polar surface area (TPSA) is 66.5 Å². The minimum absolute atomic E-state index is 0.363. The van der Waals surface area contributed by atoms with Crippen LogP contribution in [0.5, 0.6) is 0 Å². The quantitative estimate of drug-likeness (QED) is 0.773. The Kier molecular flexibility index (Phi) is 3.71. The van der Waals surface area contributed by atoms with E-state index in [9.17, 15) is 0 Å². The van der Waals surface area contributed by atoms with E-state index in [1.807, 2.05) is 36.5 Å². The van der Waals surface area contributed by atoms with Gasteiger partial charge in [0, 0.05) is 28.4 Å². The molecule has 3 aromatic rings. The molecule has 0 saturated heterocycles. The van der Waals surface area contributed by atoms with Crippen LogP contribution in [0.1, 0.15) is 17.7 Å². The summed E-state index contributed by atoms with van der Waals surface area (Å²) in [5.41, 5.74) is 4.40. The number of aromatic nitrogens is 4. The molecule has 0 bridgehead atoms. The molecule has 1 atom stereocenters. The number of nitrogens with one attached hydrogen (secondary N) is 2. The Morgan fingerprint density at radius 2 is 2.17 bits per heavy atom. The van der Waals surface area contributed by atoms with Crippen molar-refractivity contribution in [2.45, 2.75) is 25.3 Å². The van der Waals surface area contributed by atoms with E-state index in [1.54, 1.807) is 6.33 Å². The summed E-state index contributed by atoms with van der Waals surface area (Å²) in [4.78, 5) is 8.69. The molecule has 4 rings (SSSR count). The second-order valence-corrected chi connectivity index (χ2v) is 6.19. The molecule has 0 fully saturated rings. The van der Waals surface area contributed by atoms with E-state index < -0.39 is 0 Å². The molecule has 5 nitrogen and oxygen atoms in total. The second-order valence-electron chi connectivity index (χ2n) is 5.76. The summed E-state index contributed by atoms with van der Waals surface area (Å²) in [7, 11) is 0. The Bertz CT molecular complexity index is 829. The van der Waals surface area contributed by atoms with Crippen LogP contribution in [0.3, 0.4) is 0 Å². The van der Waals surface area contributed by atoms with Crippen molar-refractivity contribution >= 4 is 17.4 Å². The molecule has 116 valence electrons. The summed E-state index contributed by atoms with van der Waals surface area (Å²) in [6.07, 6.45) is 6.54. The Hall–Kier alpha value is -2.40. The van der Waals surface area contributed by atoms with Gasteiger partial charge in [-0.15, -0.1) is 0 Å². The standard InChI is InChI=1S/C17H16ClN5/c18-13-3-1-2-11(6-13)16-8-17(20-10-19-16)22-14-4-5-15-12(7-14)9-21-23-15/h1-3,6,8-10,14H,4-5,7H2,(H,21,23)(H,19,20,22). The number of aryl methyl sites for hydroxylation is 1. The Morgan fingerprint density at radius 1 is 1.22 bits per heavy atom. The van der Waals surface area contributed by atoms with Crippen LogP contribution in [0.25, 0.3) is 11.3 Å². The molecular weight excluding hydrogens is 310 g/mol. The molecule has 1 aromatic carbocycles. The largest absolute Gasteiger partial charge is 0.367 e. The third-order valence-corrected chi connectivity index (χ3v) is 4.39. The van der Waals surface area contributed by atoms with Gasteiger partial charge in [0.1, 0.15) is 12.1 Å². The molecule has 1 aliphatic rings. The predicted molar refractivity (Wildman–Crippen MR) is 90.5 cm³/mol. The summed E-state index contributed by atoms with van der Waals surface area (Å²) in [6, 6.07) is 10.0. The van der Waals surface area contributed by atoms with Gasteiger partial charge in [0.25, 0.3) is 0 Å². The lowest BCUT2D eigenvalue weighted by molar-refractivity contribution is 0.602. The molecule has 0 radical (unpaired) electrons. The zero-order valence-corrected chi connectivity index (χ0v) is 13.2. The van der Waals surface area contributed by atoms with E-state index in [0.717, 1.165) is 36.3 Å². The maximum Gasteiger partial charge on any atom is 0.130 e. The minimum atomic E-state index is 0.363. The van der Waals surface area contributed by atoms with E-state index >= 15 is 0 Å². The summed E-state index contributed by atoms with van der Waals surface area (Å²) in [6.45, 7) is 0. The van der Waals surface area contributed by atoms with Crippen LogP contribution >= 0.6 is 11.6 Å². The zero-order valence-electron chi connectivity index (χ0n) is 12.5. The van der Waals surface area contributed by atoms with E-state index in [2.05, 4.69) is 25.5 Å². The van der Waals surface area contributed by atoms with Crippen molar-refractivity contribution in [1.29, 1.82) is 0 Å². The number of hydrogen-bond acceptors (Lipinski definition) is 4. The minimum Gasteiger partial charge on any atom is -0.367 e. The lowest BCUT2D eigenvalue weighted by atomic mass is 9.93. The molecule has 0 saturated carbocycles. The van der Waals surface area contributed by atoms with Crippen molar-refractivity contribution in [3.63, 3.8) is 0 Å². The average Bonchev–Trinajstić information content (AvgIpc) is 3.03. The van der Waals surface area contributed by atoms with Crippen molar-refractivity contribution in [2.75, 3.05) is 5.32 Å². The third-order valence-electron chi connectivity index (χ3n) is 4.16. The van der Waals surface area contributed by atoms with Gasteiger partial charge in [-0.1, -0.05) is 23.7 Å². The first-order valence-electron chi connectivity index (χ1n) is 7.63. The number of aromatic amines is 1. The number of halogens is 1. The lowest BCUT2D eigenvalue weighted by Crippen LogP contribution is -2.27. The number of rotatable bonds is 3. The Balaban J connectivity index is 1.53. The lowest BCUT2D eigenvalue weighted by Gasteiger charge is -2.23. The molecule has 0 aliphatic heterocycles. The van der Waals surface area contributed by atoms with Crippen LogP contribution in [0.2, 0.25) is 5.02 Å². The number of anilines is 1. The van der Waals surface area contributed by atoms with Gasteiger partial charge in [-0.2, -0.15) is 5.10 Å². The van der Waals surface area contributed by atoms with E-state index in [4.69, 9.17) is 11.6 Å². The van der Waals surface area contributed by atoms with Crippen molar-refractivity contribution in [3.8, 4) is 11.3 Å². The molecule has 1 unspecified atom stereocenters. The van der Waals surface area contributed by atoms with Gasteiger partial charge in [0.05, 0.1) is 11.9 Å². The highest BCUT2D eigenvalue weighted by molar-refractivity contribution is 6.30. The molecule has 0 spiro atoms. The Labute approximate surface area is 139 Å². The SMILES string of the molecule is Clc1cccc(-c2cc(NC3CCc4[nH]ncc4C3)ncn2)c1. The first-order chi connectivity index (χ1) is 11.3. The van der Waals surface area contributed by atoms with Crippen molar-refractivity contribution in [1.82, 2.24) is 20.2 Å². The molecule has 2 heterocycles. The van der Waals surface area contributed by atoms with Gasteiger partial charge in [-0.05, 0) is 37.0 Å². The molecule has 0 amide bonds. The number of hydrogen-bond donors (Lipinski definition) is 2. The third kappa shape index (κ3) is 3.05. The van der Waals surface area contributed by atoms with Crippen molar-refractivity contribution in [2.24, 2.45) is 0 Å². The van der Waals surface area contributed by atoms with Gasteiger partial charge < -0.3 is 5.32 Å². The molecular formula is C17H16ClN5. The first-order valence-corrected chi connectivity index (χ1v) is 8.01. The highest BCUT2D eigenvalue weighted by Gasteiger charge is 2.20. The number of nitrogens with zero attached hydrogens (tertiary/aromatic N) is 3. The van der Waals surface area contributed by atoms with Crippen molar-refractivity contribution in [3.05, 3.63) is 59.1 Å². The fourth-order valence-corrected chi connectivity index (χ4v) is 3.18. The summed E-state index contributed by atoms with van der Waals surface area (Å²) in [5, 5.41) is 11.4. The average molecular weight is 326 g/mol. The first kappa shape index (κ1) is 14.2. The smallest absolute Gasteiger partial charge is 0.130 e. The zero-order chi connectivity index (χ0) is 15.6. The summed E-state index contributed by atoms with van der Waals surface area (Å²) in [5.74, 6) is 0.840. The van der Waals surface area contributed by atoms with Crippen LogP contribution in [-0.4, -0.2) is 26.2 Å². The molecule has 1 aliphatic carbocycles. The molecule has 23 heavy (non-hydrogen) atoms. The van der Waals surface area contributed by atoms with Crippen molar-refractivity contribution < 1.29 is 0 Å². The maximum atomic E-state index is 6.06. The molecule has 6 heteroatoms. The van der Waals surface area contributed by atoms with Gasteiger partial charge in [0.15, 0.2) is 0 Å². The highest BCUT2D eigenvalue weighted by Crippen LogP contribution is 2.24. The van der Waals surface area contributed by atoms with E-state index in [1.165, 1.54) is 11.3 Å². The number of fused-ring (bicyclic) bond motifs is 1. The summed E-state index contributed by atoms with van der Waals surface area (Å²) >= 11 is 6.06. The fourth-order valence-electron chi connectivity index (χ4n) is 2.99. The van der Waals surface area contributed by atoms with Crippen LogP contribution < -0.4 is 5.32 Å². The predicted octanol–water partition coefficient (Wildman–Crippen LogP) is 3.49. The van der Waals surface area contributed by atoms with Crippen LogP contribution in [0, 0.1) is 0 Å². The Morgan fingerprint density at radius 3 is 3.09 bits per heavy atom. The number of H-pyrrole nitrogens is 1. The highest BCUT2D eigenvalue weighted by atomic mass is 35.5. The summed E-state index contributed by atoms with van der Waals surface area (Å²) < 4.78 is 0.